The highest BCUT2D eigenvalue weighted by Gasteiger charge is 2.28. The molecule has 0 atom stereocenters. The predicted molar refractivity (Wildman–Crippen MR) is 142 cm³/mol. The minimum absolute atomic E-state index is 0.0783. The molecular weight excluding hydrogens is 482 g/mol. The molecule has 4 rings (SSSR count). The summed E-state index contributed by atoms with van der Waals surface area (Å²) in [5.74, 6) is -0.587. The minimum Gasteiger partial charge on any atom is -0.271 e. The predicted octanol–water partition coefficient (Wildman–Crippen LogP) is 5.46. The molecule has 4 aromatic carbocycles. The molecule has 0 saturated heterocycles. The summed E-state index contributed by atoms with van der Waals surface area (Å²) in [6.45, 7) is 3.17. The number of carbonyl (C=O) groups is 1. The number of anilines is 1. The monoisotopic (exact) mass is 505 g/mol. The van der Waals surface area contributed by atoms with Crippen LogP contribution in [0.3, 0.4) is 0 Å². The number of nitrogens with zero attached hydrogens (tertiary/aromatic N) is 2. The number of sulfonamides is 1. The van der Waals surface area contributed by atoms with Crippen LogP contribution in [-0.4, -0.2) is 27.1 Å². The van der Waals surface area contributed by atoms with Gasteiger partial charge in [-0.2, -0.15) is 5.10 Å². The maximum Gasteiger partial charge on any atom is 0.264 e. The van der Waals surface area contributed by atoms with Gasteiger partial charge < -0.3 is 0 Å². The highest BCUT2D eigenvalue weighted by atomic mass is 35.5. The first kappa shape index (κ1) is 24.4. The molecule has 0 aliphatic carbocycles. The van der Waals surface area contributed by atoms with Gasteiger partial charge in [-0.3, -0.25) is 9.10 Å². The zero-order valence-corrected chi connectivity index (χ0v) is 20.8. The van der Waals surface area contributed by atoms with Crippen molar-refractivity contribution in [3.05, 3.63) is 107 Å². The average Bonchev–Trinajstić information content (AvgIpc) is 2.84. The van der Waals surface area contributed by atoms with E-state index in [1.165, 1.54) is 18.2 Å². The van der Waals surface area contributed by atoms with Gasteiger partial charge in [-0.25, -0.2) is 13.8 Å². The van der Waals surface area contributed by atoms with Gasteiger partial charge in [0.2, 0.25) is 0 Å². The Balaban J connectivity index is 1.61. The number of rotatable bonds is 7. The molecule has 0 fully saturated rings. The van der Waals surface area contributed by atoms with E-state index in [-0.39, 0.29) is 4.90 Å². The highest BCUT2D eigenvalue weighted by molar-refractivity contribution is 7.92. The molecule has 1 N–H and O–H groups in total. The summed E-state index contributed by atoms with van der Waals surface area (Å²) in [7, 11) is -4.05. The number of hydrazone groups is 1. The molecule has 0 aromatic heterocycles. The van der Waals surface area contributed by atoms with Crippen LogP contribution in [0.2, 0.25) is 5.02 Å². The van der Waals surface area contributed by atoms with Crippen LogP contribution in [0.5, 0.6) is 0 Å². The van der Waals surface area contributed by atoms with E-state index in [1.54, 1.807) is 37.4 Å². The summed E-state index contributed by atoms with van der Waals surface area (Å²) in [4.78, 5) is 12.9. The first-order valence-corrected chi connectivity index (χ1v) is 12.7. The number of carbonyl (C=O) groups excluding carboxylic acids is 1. The molecular formula is C27H24ClN3O3S. The fourth-order valence-corrected chi connectivity index (χ4v) is 5.33. The van der Waals surface area contributed by atoms with Crippen molar-refractivity contribution < 1.29 is 13.2 Å². The Labute approximate surface area is 209 Å². The van der Waals surface area contributed by atoms with Crippen LogP contribution in [0.4, 0.5) is 5.69 Å². The SMILES string of the molecule is Cc1ccc(S(=O)(=O)N(CC(=O)N/N=C/c2cccc3ccccc23)c2cc(Cl)ccc2C)cc1. The number of amides is 1. The second-order valence-corrected chi connectivity index (χ2v) is 10.4. The summed E-state index contributed by atoms with van der Waals surface area (Å²) in [6.07, 6.45) is 1.55. The van der Waals surface area contributed by atoms with Gasteiger partial charge in [-0.15, -0.1) is 0 Å². The third kappa shape index (κ3) is 5.53. The topological polar surface area (TPSA) is 78.8 Å². The number of hydrogen-bond acceptors (Lipinski definition) is 4. The van der Waals surface area contributed by atoms with Crippen LogP contribution in [0, 0.1) is 13.8 Å². The zero-order valence-electron chi connectivity index (χ0n) is 19.3. The lowest BCUT2D eigenvalue weighted by Crippen LogP contribution is -2.40. The van der Waals surface area contributed by atoms with E-state index in [0.717, 1.165) is 26.2 Å². The second-order valence-electron chi connectivity index (χ2n) is 8.12. The maximum absolute atomic E-state index is 13.5. The van der Waals surface area contributed by atoms with Crippen molar-refractivity contribution in [1.82, 2.24) is 5.43 Å². The summed E-state index contributed by atoms with van der Waals surface area (Å²) in [5, 5.41) is 6.48. The number of hydrogen-bond donors (Lipinski definition) is 1. The Bertz CT molecular complexity index is 1510. The minimum atomic E-state index is -4.05. The normalized spacial score (nSPS) is 11.6. The van der Waals surface area contributed by atoms with Crippen molar-refractivity contribution in [3.63, 3.8) is 0 Å². The van der Waals surface area contributed by atoms with Gasteiger partial charge in [0.25, 0.3) is 15.9 Å². The number of aryl methyl sites for hydroxylation is 2. The molecule has 0 aliphatic heterocycles. The van der Waals surface area contributed by atoms with Gasteiger partial charge in [0.1, 0.15) is 6.54 Å². The van der Waals surface area contributed by atoms with Crippen LogP contribution in [0.25, 0.3) is 10.8 Å². The molecule has 0 unspecified atom stereocenters. The smallest absolute Gasteiger partial charge is 0.264 e. The Morgan fingerprint density at radius 3 is 2.46 bits per heavy atom. The Morgan fingerprint density at radius 2 is 1.69 bits per heavy atom. The fraction of sp³-hybridized carbons (Fsp3) is 0.111. The van der Waals surface area contributed by atoms with E-state index in [1.807, 2.05) is 49.4 Å². The van der Waals surface area contributed by atoms with Gasteiger partial charge in [0.15, 0.2) is 0 Å². The second kappa shape index (κ2) is 10.3. The van der Waals surface area contributed by atoms with Gasteiger partial charge in [-0.05, 0) is 54.4 Å². The molecule has 6 nitrogen and oxygen atoms in total. The Kier molecular flexibility index (Phi) is 7.19. The van der Waals surface area contributed by atoms with Crippen molar-refractivity contribution in [2.24, 2.45) is 5.10 Å². The van der Waals surface area contributed by atoms with E-state index >= 15 is 0 Å². The molecule has 4 aromatic rings. The molecule has 178 valence electrons. The van der Waals surface area contributed by atoms with Crippen molar-refractivity contribution in [3.8, 4) is 0 Å². The lowest BCUT2D eigenvalue weighted by atomic mass is 10.1. The Morgan fingerprint density at radius 1 is 0.971 bits per heavy atom. The third-order valence-corrected chi connectivity index (χ3v) is 7.56. The Hall–Kier alpha value is -3.68. The van der Waals surface area contributed by atoms with Gasteiger partial charge in [0, 0.05) is 10.6 Å². The molecule has 0 bridgehead atoms. The fourth-order valence-electron chi connectivity index (χ4n) is 3.69. The van der Waals surface area contributed by atoms with Gasteiger partial charge in [-0.1, -0.05) is 77.8 Å². The van der Waals surface area contributed by atoms with E-state index < -0.39 is 22.5 Å². The van der Waals surface area contributed by atoms with Crippen LogP contribution < -0.4 is 9.73 Å². The summed E-state index contributed by atoms with van der Waals surface area (Å²) >= 11 is 6.17. The van der Waals surface area contributed by atoms with Crippen LogP contribution in [0.1, 0.15) is 16.7 Å². The highest BCUT2D eigenvalue weighted by Crippen LogP contribution is 2.29. The van der Waals surface area contributed by atoms with Crippen LogP contribution in [0.15, 0.2) is 94.9 Å². The lowest BCUT2D eigenvalue weighted by molar-refractivity contribution is -0.119. The standard InChI is InChI=1S/C27H24ClN3O3S/c1-19-10-14-24(15-11-19)35(33,34)31(26-16-23(28)13-12-20(26)2)18-27(32)30-29-17-22-8-5-7-21-6-3-4-9-25(21)22/h3-17H,18H2,1-2H3,(H,30,32)/b29-17+. The molecule has 0 spiro atoms. The van der Waals surface area contributed by atoms with E-state index in [4.69, 9.17) is 11.6 Å². The quantitative estimate of drug-likeness (QED) is 0.268. The van der Waals surface area contributed by atoms with Crippen LogP contribution >= 0.6 is 11.6 Å². The van der Waals surface area contributed by atoms with Crippen molar-refractivity contribution >= 4 is 50.2 Å². The summed E-state index contributed by atoms with van der Waals surface area (Å²) < 4.78 is 28.2. The zero-order chi connectivity index (χ0) is 25.0. The van der Waals surface area contributed by atoms with Crippen molar-refractivity contribution in [1.29, 1.82) is 0 Å². The van der Waals surface area contributed by atoms with E-state index in [0.29, 0.717) is 16.3 Å². The molecule has 1 amide bonds. The lowest BCUT2D eigenvalue weighted by Gasteiger charge is -2.25. The third-order valence-electron chi connectivity index (χ3n) is 5.55. The molecule has 0 heterocycles. The number of nitrogens with one attached hydrogen (secondary N) is 1. The molecule has 35 heavy (non-hydrogen) atoms. The molecule has 8 heteroatoms. The number of benzene rings is 4. The van der Waals surface area contributed by atoms with Gasteiger partial charge in [0.05, 0.1) is 16.8 Å². The summed E-state index contributed by atoms with van der Waals surface area (Å²) in [6, 6.07) is 25.0. The van der Waals surface area contributed by atoms with Crippen molar-refractivity contribution in [2.45, 2.75) is 18.7 Å². The van der Waals surface area contributed by atoms with Gasteiger partial charge >= 0.3 is 0 Å². The number of fused-ring (bicyclic) bond motifs is 1. The maximum atomic E-state index is 13.5. The largest absolute Gasteiger partial charge is 0.271 e. The van der Waals surface area contributed by atoms with E-state index in [2.05, 4.69) is 10.5 Å². The molecule has 0 saturated carbocycles. The first-order chi connectivity index (χ1) is 16.8. The molecule has 0 radical (unpaired) electrons. The number of halogens is 1. The van der Waals surface area contributed by atoms with Crippen molar-refractivity contribution in [2.75, 3.05) is 10.8 Å². The molecule has 0 aliphatic rings. The van der Waals surface area contributed by atoms with Crippen LogP contribution in [-0.2, 0) is 14.8 Å². The first-order valence-electron chi connectivity index (χ1n) is 10.9. The average molecular weight is 506 g/mol. The summed E-state index contributed by atoms with van der Waals surface area (Å²) in [5.41, 5.74) is 5.20. The van der Waals surface area contributed by atoms with E-state index in [9.17, 15) is 13.2 Å².